The minimum Gasteiger partial charge on any atom is -0.405 e. The van der Waals surface area contributed by atoms with Crippen molar-refractivity contribution >= 4 is 11.1 Å². The van der Waals surface area contributed by atoms with E-state index in [9.17, 15) is 18.8 Å². The predicted molar refractivity (Wildman–Crippen MR) is 71.9 cm³/mol. The largest absolute Gasteiger partial charge is 0.405 e. The standard InChI is InChI=1S/C13H15FN2O4/c1-7(14)4-2-3-5-8-6-9(17)20-12-10(8)11(18)15-13(19)16-12/h6-7H,2-5H2,1H3,(H2,15,16,18,19). The molecule has 2 aromatic rings. The Hall–Kier alpha value is -2.18. The van der Waals surface area contributed by atoms with Crippen LogP contribution in [0, 0.1) is 0 Å². The highest BCUT2D eigenvalue weighted by molar-refractivity contribution is 5.75. The molecule has 0 aliphatic heterocycles. The Bertz CT molecular complexity index is 767. The minimum atomic E-state index is -0.868. The Morgan fingerprint density at radius 1 is 1.25 bits per heavy atom. The number of hydrogen-bond acceptors (Lipinski definition) is 4. The predicted octanol–water partition coefficient (Wildman–Crippen LogP) is 1.24. The fourth-order valence-electron chi connectivity index (χ4n) is 2.12. The second kappa shape index (κ2) is 5.85. The topological polar surface area (TPSA) is 95.9 Å². The molecule has 0 aliphatic rings. The zero-order valence-electron chi connectivity index (χ0n) is 11.0. The van der Waals surface area contributed by atoms with E-state index in [1.54, 1.807) is 0 Å². The van der Waals surface area contributed by atoms with Crippen molar-refractivity contribution in [1.29, 1.82) is 0 Å². The van der Waals surface area contributed by atoms with E-state index in [0.29, 0.717) is 31.2 Å². The number of fused-ring (bicyclic) bond motifs is 1. The first kappa shape index (κ1) is 14.2. The van der Waals surface area contributed by atoms with Gasteiger partial charge in [0.2, 0.25) is 5.71 Å². The van der Waals surface area contributed by atoms with Crippen molar-refractivity contribution in [2.45, 2.75) is 38.8 Å². The van der Waals surface area contributed by atoms with Crippen molar-refractivity contribution in [1.82, 2.24) is 9.97 Å². The van der Waals surface area contributed by atoms with E-state index in [0.717, 1.165) is 0 Å². The Morgan fingerprint density at radius 3 is 2.70 bits per heavy atom. The summed E-state index contributed by atoms with van der Waals surface area (Å²) in [6, 6.07) is 1.23. The fraction of sp³-hybridized carbons (Fsp3) is 0.462. The molecular weight excluding hydrogens is 267 g/mol. The van der Waals surface area contributed by atoms with Crippen molar-refractivity contribution in [2.24, 2.45) is 0 Å². The van der Waals surface area contributed by atoms with Gasteiger partial charge in [0.05, 0.1) is 6.17 Å². The summed E-state index contributed by atoms with van der Waals surface area (Å²) in [7, 11) is 0. The van der Waals surface area contributed by atoms with Gasteiger partial charge in [0.15, 0.2) is 0 Å². The third-order valence-electron chi connectivity index (χ3n) is 3.02. The molecule has 2 rings (SSSR count). The number of aromatic amines is 2. The molecule has 0 spiro atoms. The third kappa shape index (κ3) is 3.23. The lowest BCUT2D eigenvalue weighted by molar-refractivity contribution is 0.331. The molecule has 108 valence electrons. The first-order valence-corrected chi connectivity index (χ1v) is 6.41. The Kier molecular flexibility index (Phi) is 4.16. The first-order valence-electron chi connectivity index (χ1n) is 6.41. The summed E-state index contributed by atoms with van der Waals surface area (Å²) < 4.78 is 17.5. The van der Waals surface area contributed by atoms with Gasteiger partial charge in [0, 0.05) is 6.07 Å². The average molecular weight is 282 g/mol. The maximum Gasteiger partial charge on any atom is 0.337 e. The number of hydrogen-bond donors (Lipinski definition) is 2. The molecule has 6 nitrogen and oxygen atoms in total. The van der Waals surface area contributed by atoms with Crippen LogP contribution in [0.2, 0.25) is 0 Å². The number of H-pyrrole nitrogens is 2. The van der Waals surface area contributed by atoms with Crippen LogP contribution in [0.1, 0.15) is 31.7 Å². The lowest BCUT2D eigenvalue weighted by Crippen LogP contribution is -2.24. The maximum atomic E-state index is 12.7. The van der Waals surface area contributed by atoms with Crippen LogP contribution >= 0.6 is 0 Å². The Morgan fingerprint density at radius 2 is 2.00 bits per heavy atom. The summed E-state index contributed by atoms with van der Waals surface area (Å²) >= 11 is 0. The van der Waals surface area contributed by atoms with Crippen LogP contribution in [0.3, 0.4) is 0 Å². The van der Waals surface area contributed by atoms with E-state index in [1.165, 1.54) is 13.0 Å². The summed E-state index contributed by atoms with van der Waals surface area (Å²) in [5, 5.41) is 0.164. The Labute approximate surface area is 112 Å². The second-order valence-electron chi connectivity index (χ2n) is 4.73. The molecule has 20 heavy (non-hydrogen) atoms. The van der Waals surface area contributed by atoms with Crippen molar-refractivity contribution in [3.05, 3.63) is 42.9 Å². The molecule has 1 atom stereocenters. The molecule has 2 aromatic heterocycles. The molecule has 0 aromatic carbocycles. The van der Waals surface area contributed by atoms with Gasteiger partial charge in [-0.3, -0.25) is 14.8 Å². The van der Waals surface area contributed by atoms with E-state index < -0.39 is 23.0 Å². The highest BCUT2D eigenvalue weighted by atomic mass is 19.1. The molecule has 2 N–H and O–H groups in total. The highest BCUT2D eigenvalue weighted by Gasteiger charge is 2.11. The van der Waals surface area contributed by atoms with Gasteiger partial charge in [-0.25, -0.2) is 14.0 Å². The van der Waals surface area contributed by atoms with Crippen LogP contribution in [0.5, 0.6) is 0 Å². The van der Waals surface area contributed by atoms with Gasteiger partial charge in [-0.15, -0.1) is 0 Å². The van der Waals surface area contributed by atoms with E-state index in [-0.39, 0.29) is 11.1 Å². The molecule has 7 heteroatoms. The second-order valence-corrected chi connectivity index (χ2v) is 4.73. The van der Waals surface area contributed by atoms with Crippen LogP contribution in [0.15, 0.2) is 24.9 Å². The van der Waals surface area contributed by atoms with Gasteiger partial charge in [0.1, 0.15) is 5.39 Å². The zero-order chi connectivity index (χ0) is 14.7. The lowest BCUT2D eigenvalue weighted by Gasteiger charge is -2.04. The van der Waals surface area contributed by atoms with E-state index in [4.69, 9.17) is 4.42 Å². The van der Waals surface area contributed by atoms with Crippen molar-refractivity contribution in [3.63, 3.8) is 0 Å². The van der Waals surface area contributed by atoms with E-state index in [1.807, 2.05) is 0 Å². The Balaban J connectivity index is 2.35. The van der Waals surface area contributed by atoms with Crippen LogP contribution in [0.25, 0.3) is 11.1 Å². The summed E-state index contributed by atoms with van der Waals surface area (Å²) in [6.45, 7) is 1.49. The number of unbranched alkanes of at least 4 members (excludes halogenated alkanes) is 1. The van der Waals surface area contributed by atoms with Crippen LogP contribution in [-0.4, -0.2) is 16.1 Å². The van der Waals surface area contributed by atoms with Gasteiger partial charge in [0.25, 0.3) is 5.56 Å². The molecule has 0 bridgehead atoms. The van der Waals surface area contributed by atoms with Gasteiger partial charge in [-0.05, 0) is 31.7 Å². The molecule has 0 radical (unpaired) electrons. The lowest BCUT2D eigenvalue weighted by atomic mass is 10.0. The summed E-state index contributed by atoms with van der Waals surface area (Å²) in [4.78, 5) is 38.7. The molecule has 0 amide bonds. The average Bonchev–Trinajstić information content (AvgIpc) is 2.32. The zero-order valence-corrected chi connectivity index (χ0v) is 11.0. The smallest absolute Gasteiger partial charge is 0.337 e. The van der Waals surface area contributed by atoms with Crippen LogP contribution < -0.4 is 16.9 Å². The molecule has 0 aliphatic carbocycles. The number of aromatic nitrogens is 2. The fourth-order valence-corrected chi connectivity index (χ4v) is 2.12. The van der Waals surface area contributed by atoms with Crippen molar-refractivity contribution in [2.75, 3.05) is 0 Å². The molecule has 0 saturated carbocycles. The molecular formula is C13H15FN2O4. The van der Waals surface area contributed by atoms with Crippen LogP contribution in [0.4, 0.5) is 4.39 Å². The number of nitrogens with one attached hydrogen (secondary N) is 2. The van der Waals surface area contributed by atoms with Gasteiger partial charge < -0.3 is 4.42 Å². The van der Waals surface area contributed by atoms with E-state index in [2.05, 4.69) is 9.97 Å². The number of halogens is 1. The number of alkyl halides is 1. The molecule has 1 unspecified atom stereocenters. The SMILES string of the molecule is CC(F)CCCCc1cc(=O)oc2[nH]c(=O)[nH]c(=O)c12. The normalized spacial score (nSPS) is 12.7. The third-order valence-corrected chi connectivity index (χ3v) is 3.02. The maximum absolute atomic E-state index is 12.7. The van der Waals surface area contributed by atoms with Gasteiger partial charge >= 0.3 is 11.3 Å². The van der Waals surface area contributed by atoms with E-state index >= 15 is 0 Å². The number of rotatable bonds is 5. The quantitative estimate of drug-likeness (QED) is 0.806. The molecule has 0 saturated heterocycles. The minimum absolute atomic E-state index is 0.125. The van der Waals surface area contributed by atoms with Crippen LogP contribution in [-0.2, 0) is 6.42 Å². The summed E-state index contributed by atoms with van der Waals surface area (Å²) in [5.74, 6) is 0. The van der Waals surface area contributed by atoms with Gasteiger partial charge in [-0.2, -0.15) is 0 Å². The number of aryl methyl sites for hydroxylation is 1. The van der Waals surface area contributed by atoms with Crippen molar-refractivity contribution in [3.8, 4) is 0 Å². The monoisotopic (exact) mass is 282 g/mol. The molecule has 0 fully saturated rings. The molecule has 2 heterocycles. The summed E-state index contributed by atoms with van der Waals surface area (Å²) in [5.41, 5.74) is -1.58. The first-order chi connectivity index (χ1) is 9.47. The van der Waals surface area contributed by atoms with Gasteiger partial charge in [-0.1, -0.05) is 6.42 Å². The highest BCUT2D eigenvalue weighted by Crippen LogP contribution is 2.13. The van der Waals surface area contributed by atoms with Crippen molar-refractivity contribution < 1.29 is 8.81 Å². The summed E-state index contributed by atoms with van der Waals surface area (Å²) in [6.07, 6.45) is 1.31.